The van der Waals surface area contributed by atoms with Crippen LogP contribution in [-0.2, 0) is 0 Å². The molecule has 0 aliphatic heterocycles. The number of rotatable bonds is 5. The van der Waals surface area contributed by atoms with Crippen molar-refractivity contribution in [2.24, 2.45) is 0 Å². The summed E-state index contributed by atoms with van der Waals surface area (Å²) in [5.41, 5.74) is -0.289. The van der Waals surface area contributed by atoms with E-state index in [9.17, 15) is 18.0 Å². The van der Waals surface area contributed by atoms with E-state index in [4.69, 9.17) is 5.11 Å². The van der Waals surface area contributed by atoms with E-state index in [0.717, 1.165) is 17.2 Å². The predicted octanol–water partition coefficient (Wildman–Crippen LogP) is 1.95. The Balaban J connectivity index is 3.09. The highest BCUT2D eigenvalue weighted by molar-refractivity contribution is 5.93. The molecular weight excluding hydrogens is 251 g/mol. The van der Waals surface area contributed by atoms with Crippen LogP contribution in [0.1, 0.15) is 23.7 Å². The summed E-state index contributed by atoms with van der Waals surface area (Å²) in [7, 11) is 0. The van der Waals surface area contributed by atoms with Gasteiger partial charge in [-0.1, -0.05) is 6.92 Å². The molecule has 1 N–H and O–H groups in total. The van der Waals surface area contributed by atoms with Crippen molar-refractivity contribution < 1.29 is 23.1 Å². The molecule has 0 saturated heterocycles. The molecule has 0 radical (unpaired) electrons. The first-order valence-electron chi connectivity index (χ1n) is 5.22. The number of alkyl halides is 3. The summed E-state index contributed by atoms with van der Waals surface area (Å²) in [6, 6.07) is 1.13. The van der Waals surface area contributed by atoms with Crippen molar-refractivity contribution in [2.45, 2.75) is 19.5 Å². The average Bonchev–Trinajstić information content (AvgIpc) is 2.26. The van der Waals surface area contributed by atoms with Crippen LogP contribution in [0.15, 0.2) is 12.3 Å². The zero-order valence-corrected chi connectivity index (χ0v) is 9.61. The largest absolute Gasteiger partial charge is 0.478 e. The van der Waals surface area contributed by atoms with E-state index in [0.29, 0.717) is 6.42 Å². The molecule has 0 saturated carbocycles. The Morgan fingerprint density at radius 2 is 2.17 bits per heavy atom. The molecule has 0 aromatic carbocycles. The maximum Gasteiger partial charge on any atom is 0.405 e. The second-order valence-electron chi connectivity index (χ2n) is 3.61. The number of hydrogen-bond donors (Lipinski definition) is 1. The lowest BCUT2D eigenvalue weighted by Gasteiger charge is -2.24. The summed E-state index contributed by atoms with van der Waals surface area (Å²) in [5.74, 6) is -1.59. The van der Waals surface area contributed by atoms with E-state index in [1.165, 1.54) is 0 Å². The second-order valence-corrected chi connectivity index (χ2v) is 3.61. The van der Waals surface area contributed by atoms with E-state index >= 15 is 0 Å². The average molecular weight is 263 g/mol. The highest BCUT2D eigenvalue weighted by atomic mass is 19.4. The highest BCUT2D eigenvalue weighted by Crippen LogP contribution is 2.23. The molecule has 0 atom stereocenters. The molecule has 0 unspecified atom stereocenters. The molecule has 1 rings (SSSR count). The molecule has 18 heavy (non-hydrogen) atoms. The van der Waals surface area contributed by atoms with Crippen LogP contribution in [0.4, 0.5) is 19.0 Å². The van der Waals surface area contributed by atoms with Crippen molar-refractivity contribution in [1.82, 2.24) is 10.2 Å². The van der Waals surface area contributed by atoms with Crippen LogP contribution in [0.5, 0.6) is 0 Å². The van der Waals surface area contributed by atoms with Crippen molar-refractivity contribution >= 4 is 11.8 Å². The Labute approximate surface area is 101 Å². The van der Waals surface area contributed by atoms with Crippen LogP contribution < -0.4 is 4.90 Å². The fraction of sp³-hybridized carbons (Fsp3) is 0.500. The van der Waals surface area contributed by atoms with Gasteiger partial charge in [-0.25, -0.2) is 4.79 Å². The van der Waals surface area contributed by atoms with Crippen LogP contribution in [0.25, 0.3) is 0 Å². The summed E-state index contributed by atoms with van der Waals surface area (Å²) in [6.45, 7) is 0.498. The van der Waals surface area contributed by atoms with E-state index in [-0.39, 0.29) is 17.9 Å². The normalized spacial score (nSPS) is 11.3. The Kier molecular flexibility index (Phi) is 4.46. The zero-order chi connectivity index (χ0) is 13.8. The first-order valence-corrected chi connectivity index (χ1v) is 5.22. The summed E-state index contributed by atoms with van der Waals surface area (Å²) >= 11 is 0. The molecule has 0 spiro atoms. The van der Waals surface area contributed by atoms with Crippen LogP contribution in [0.2, 0.25) is 0 Å². The molecule has 0 aliphatic rings. The van der Waals surface area contributed by atoms with Gasteiger partial charge in [0.15, 0.2) is 5.82 Å². The quantitative estimate of drug-likeness (QED) is 0.879. The predicted molar refractivity (Wildman–Crippen MR) is 57.6 cm³/mol. The molecule has 0 aliphatic carbocycles. The van der Waals surface area contributed by atoms with E-state index in [1.807, 2.05) is 0 Å². The molecule has 5 nitrogen and oxygen atoms in total. The number of carbonyl (C=O) groups is 1. The van der Waals surface area contributed by atoms with Gasteiger partial charge in [-0.15, -0.1) is 5.10 Å². The minimum absolute atomic E-state index is 0.0541. The second kappa shape index (κ2) is 5.65. The fourth-order valence-corrected chi connectivity index (χ4v) is 1.47. The Bertz CT molecular complexity index is 423. The number of halogens is 3. The Hall–Kier alpha value is -1.86. The van der Waals surface area contributed by atoms with Crippen molar-refractivity contribution in [3.63, 3.8) is 0 Å². The SMILES string of the molecule is CCCN(CC(F)(F)F)c1nnccc1C(=O)O. The molecule has 1 aromatic heterocycles. The molecule has 0 fully saturated rings. The number of carboxylic acids is 1. The first-order chi connectivity index (χ1) is 8.35. The van der Waals surface area contributed by atoms with E-state index in [2.05, 4.69) is 10.2 Å². The summed E-state index contributed by atoms with van der Waals surface area (Å²) < 4.78 is 37.2. The topological polar surface area (TPSA) is 66.3 Å². The third-order valence-corrected chi connectivity index (χ3v) is 2.09. The van der Waals surface area contributed by atoms with Gasteiger partial charge in [-0.05, 0) is 12.5 Å². The molecular formula is C10H12F3N3O2. The molecule has 1 heterocycles. The zero-order valence-electron chi connectivity index (χ0n) is 9.61. The van der Waals surface area contributed by atoms with Gasteiger partial charge >= 0.3 is 12.1 Å². The van der Waals surface area contributed by atoms with Gasteiger partial charge in [-0.3, -0.25) is 0 Å². The number of carboxylic acid groups (broad SMARTS) is 1. The number of aromatic carboxylic acids is 1. The molecule has 8 heteroatoms. The standard InChI is InChI=1S/C10H12F3N3O2/c1-2-5-16(6-10(11,12)13)8-7(9(17)18)3-4-14-15-8/h3-4H,2,5-6H2,1H3,(H,17,18). The summed E-state index contributed by atoms with van der Waals surface area (Å²) in [5, 5.41) is 15.8. The first kappa shape index (κ1) is 14.2. The van der Waals surface area contributed by atoms with Crippen molar-refractivity contribution in [3.8, 4) is 0 Å². The van der Waals surface area contributed by atoms with Gasteiger partial charge in [0.05, 0.1) is 6.20 Å². The van der Waals surface area contributed by atoms with Gasteiger partial charge in [-0.2, -0.15) is 18.3 Å². The molecule has 0 amide bonds. The van der Waals surface area contributed by atoms with Crippen molar-refractivity contribution in [3.05, 3.63) is 17.8 Å². The monoisotopic (exact) mass is 263 g/mol. The van der Waals surface area contributed by atoms with Crippen molar-refractivity contribution in [1.29, 1.82) is 0 Å². The smallest absolute Gasteiger partial charge is 0.405 e. The number of aromatic nitrogens is 2. The maximum atomic E-state index is 12.4. The third kappa shape index (κ3) is 3.86. The van der Waals surface area contributed by atoms with Crippen LogP contribution in [0.3, 0.4) is 0 Å². The number of hydrogen-bond acceptors (Lipinski definition) is 4. The third-order valence-electron chi connectivity index (χ3n) is 2.09. The molecule has 100 valence electrons. The minimum atomic E-state index is -4.43. The highest BCUT2D eigenvalue weighted by Gasteiger charge is 2.32. The van der Waals surface area contributed by atoms with Gasteiger partial charge in [0.2, 0.25) is 0 Å². The lowest BCUT2D eigenvalue weighted by molar-refractivity contribution is -0.119. The summed E-state index contributed by atoms with van der Waals surface area (Å²) in [6.07, 6.45) is -2.86. The lowest BCUT2D eigenvalue weighted by Crippen LogP contribution is -2.36. The fourth-order valence-electron chi connectivity index (χ4n) is 1.47. The Morgan fingerprint density at radius 1 is 1.50 bits per heavy atom. The number of anilines is 1. The molecule has 0 bridgehead atoms. The Morgan fingerprint density at radius 3 is 2.67 bits per heavy atom. The van der Waals surface area contributed by atoms with Gasteiger partial charge in [0, 0.05) is 6.54 Å². The summed E-state index contributed by atoms with van der Waals surface area (Å²) in [4.78, 5) is 11.8. The van der Waals surface area contributed by atoms with Gasteiger partial charge < -0.3 is 10.0 Å². The van der Waals surface area contributed by atoms with Crippen LogP contribution in [0, 0.1) is 0 Å². The van der Waals surface area contributed by atoms with Crippen LogP contribution in [-0.4, -0.2) is 40.5 Å². The number of nitrogens with zero attached hydrogens (tertiary/aromatic N) is 3. The van der Waals surface area contributed by atoms with Crippen molar-refractivity contribution in [2.75, 3.05) is 18.0 Å². The maximum absolute atomic E-state index is 12.4. The van der Waals surface area contributed by atoms with E-state index in [1.54, 1.807) is 6.92 Å². The van der Waals surface area contributed by atoms with E-state index < -0.39 is 18.7 Å². The lowest BCUT2D eigenvalue weighted by atomic mass is 10.2. The molecule has 1 aromatic rings. The van der Waals surface area contributed by atoms with Crippen LogP contribution >= 0.6 is 0 Å². The van der Waals surface area contributed by atoms with Gasteiger partial charge in [0.1, 0.15) is 12.1 Å². The van der Waals surface area contributed by atoms with Gasteiger partial charge in [0.25, 0.3) is 0 Å². The minimum Gasteiger partial charge on any atom is -0.478 e.